The molecule has 0 saturated heterocycles. The highest BCUT2D eigenvalue weighted by Crippen LogP contribution is 2.12. The van der Waals surface area contributed by atoms with E-state index in [0.29, 0.717) is 10.7 Å². The maximum atomic E-state index is 8.75. The molecule has 2 N–H and O–H groups in total. The Bertz CT molecular complexity index is 614. The van der Waals surface area contributed by atoms with Crippen LogP contribution >= 0.6 is 12.2 Å². The number of hydrogen-bond acceptors (Lipinski definition) is 2. The van der Waals surface area contributed by atoms with Crippen molar-refractivity contribution in [2.75, 3.05) is 5.32 Å². The average Bonchev–Trinajstić information content (AvgIpc) is 2.49. The number of nitriles is 1. The number of nitrogens with one attached hydrogen (secondary N) is 2. The summed E-state index contributed by atoms with van der Waals surface area (Å²) in [5.74, 6) is 0. The van der Waals surface area contributed by atoms with E-state index in [4.69, 9.17) is 17.5 Å². The molecule has 0 bridgehead atoms. The molecule has 1 atom stereocenters. The van der Waals surface area contributed by atoms with Gasteiger partial charge in [0.2, 0.25) is 0 Å². The highest BCUT2D eigenvalue weighted by molar-refractivity contribution is 7.80. The first-order valence-electron chi connectivity index (χ1n) is 6.31. The van der Waals surface area contributed by atoms with Gasteiger partial charge in [0, 0.05) is 5.69 Å². The standard InChI is InChI=1S/C16H15N3S/c1-12(14-5-3-2-4-6-14)18-16(20)19-15-9-7-13(11-17)8-10-15/h2-10,12H,1H3,(H2,18,19,20). The van der Waals surface area contributed by atoms with Gasteiger partial charge in [-0.25, -0.2) is 0 Å². The second-order valence-electron chi connectivity index (χ2n) is 4.42. The van der Waals surface area contributed by atoms with Gasteiger partial charge in [-0.3, -0.25) is 0 Å². The Morgan fingerprint density at radius 3 is 2.35 bits per heavy atom. The Kier molecular flexibility index (Phi) is 4.70. The second kappa shape index (κ2) is 6.69. The summed E-state index contributed by atoms with van der Waals surface area (Å²) < 4.78 is 0. The highest BCUT2D eigenvalue weighted by atomic mass is 32.1. The fourth-order valence-corrected chi connectivity index (χ4v) is 2.11. The Morgan fingerprint density at radius 2 is 1.75 bits per heavy atom. The van der Waals surface area contributed by atoms with E-state index in [9.17, 15) is 0 Å². The number of rotatable bonds is 3. The summed E-state index contributed by atoms with van der Waals surface area (Å²) >= 11 is 5.29. The van der Waals surface area contributed by atoms with E-state index in [0.717, 1.165) is 5.69 Å². The summed E-state index contributed by atoms with van der Waals surface area (Å²) in [7, 11) is 0. The maximum Gasteiger partial charge on any atom is 0.171 e. The van der Waals surface area contributed by atoms with E-state index in [1.165, 1.54) is 5.56 Å². The van der Waals surface area contributed by atoms with E-state index >= 15 is 0 Å². The van der Waals surface area contributed by atoms with E-state index in [1.807, 2.05) is 30.3 Å². The van der Waals surface area contributed by atoms with E-state index in [2.05, 4.69) is 35.8 Å². The summed E-state index contributed by atoms with van der Waals surface area (Å²) in [5, 5.41) is 15.6. The van der Waals surface area contributed by atoms with Crippen LogP contribution in [0, 0.1) is 11.3 Å². The van der Waals surface area contributed by atoms with Gasteiger partial charge in [-0.1, -0.05) is 30.3 Å². The summed E-state index contributed by atoms with van der Waals surface area (Å²) in [4.78, 5) is 0. The van der Waals surface area contributed by atoms with Gasteiger partial charge < -0.3 is 10.6 Å². The predicted molar refractivity (Wildman–Crippen MR) is 85.4 cm³/mol. The molecule has 1 unspecified atom stereocenters. The number of nitrogens with zero attached hydrogens (tertiary/aromatic N) is 1. The Labute approximate surface area is 124 Å². The molecule has 0 spiro atoms. The van der Waals surface area contributed by atoms with Gasteiger partial charge >= 0.3 is 0 Å². The van der Waals surface area contributed by atoms with Crippen LogP contribution in [0.1, 0.15) is 24.1 Å². The topological polar surface area (TPSA) is 47.8 Å². The van der Waals surface area contributed by atoms with Crippen LogP contribution in [0.4, 0.5) is 5.69 Å². The third-order valence-corrected chi connectivity index (χ3v) is 3.14. The lowest BCUT2D eigenvalue weighted by Crippen LogP contribution is -2.30. The zero-order chi connectivity index (χ0) is 14.4. The zero-order valence-electron chi connectivity index (χ0n) is 11.1. The van der Waals surface area contributed by atoms with Crippen LogP contribution in [0.15, 0.2) is 54.6 Å². The lowest BCUT2D eigenvalue weighted by molar-refractivity contribution is 0.722. The Hall–Kier alpha value is -2.38. The van der Waals surface area contributed by atoms with E-state index in [-0.39, 0.29) is 6.04 Å². The number of anilines is 1. The van der Waals surface area contributed by atoms with Crippen LogP contribution < -0.4 is 10.6 Å². The summed E-state index contributed by atoms with van der Waals surface area (Å²) in [5.41, 5.74) is 2.67. The van der Waals surface area contributed by atoms with Gasteiger partial charge in [0.05, 0.1) is 17.7 Å². The Balaban J connectivity index is 1.93. The maximum absolute atomic E-state index is 8.75. The summed E-state index contributed by atoms with van der Waals surface area (Å²) in [6.45, 7) is 2.06. The number of hydrogen-bond donors (Lipinski definition) is 2. The van der Waals surface area contributed by atoms with Crippen molar-refractivity contribution in [1.29, 1.82) is 5.26 Å². The molecular formula is C16H15N3S. The molecule has 0 fully saturated rings. The molecule has 2 rings (SSSR count). The second-order valence-corrected chi connectivity index (χ2v) is 4.83. The van der Waals surface area contributed by atoms with Crippen molar-refractivity contribution in [1.82, 2.24) is 5.32 Å². The largest absolute Gasteiger partial charge is 0.356 e. The lowest BCUT2D eigenvalue weighted by atomic mass is 10.1. The first-order valence-corrected chi connectivity index (χ1v) is 6.72. The van der Waals surface area contributed by atoms with Crippen molar-refractivity contribution in [2.45, 2.75) is 13.0 Å². The predicted octanol–water partition coefficient (Wildman–Crippen LogP) is 3.61. The van der Waals surface area contributed by atoms with Crippen LogP contribution in [-0.2, 0) is 0 Å². The van der Waals surface area contributed by atoms with Crippen LogP contribution in [0.5, 0.6) is 0 Å². The monoisotopic (exact) mass is 281 g/mol. The van der Waals surface area contributed by atoms with Gasteiger partial charge in [-0.15, -0.1) is 0 Å². The minimum Gasteiger partial charge on any atom is -0.356 e. The first-order chi connectivity index (χ1) is 9.69. The van der Waals surface area contributed by atoms with Gasteiger partial charge in [0.15, 0.2) is 5.11 Å². The molecule has 2 aromatic carbocycles. The summed E-state index contributed by atoms with van der Waals surface area (Å²) in [6, 6.07) is 19.5. The van der Waals surface area contributed by atoms with Crippen molar-refractivity contribution >= 4 is 23.0 Å². The molecule has 0 aliphatic rings. The smallest absolute Gasteiger partial charge is 0.171 e. The summed E-state index contributed by atoms with van der Waals surface area (Å²) in [6.07, 6.45) is 0. The average molecular weight is 281 g/mol. The number of thiocarbonyl (C=S) groups is 1. The van der Waals surface area contributed by atoms with Crippen molar-refractivity contribution in [3.63, 3.8) is 0 Å². The van der Waals surface area contributed by atoms with Crippen LogP contribution in [0.3, 0.4) is 0 Å². The van der Waals surface area contributed by atoms with Gasteiger partial charge in [0.25, 0.3) is 0 Å². The Morgan fingerprint density at radius 1 is 1.10 bits per heavy atom. The van der Waals surface area contributed by atoms with Gasteiger partial charge in [0.1, 0.15) is 0 Å². The molecule has 3 nitrogen and oxygen atoms in total. The molecule has 2 aromatic rings. The molecule has 0 amide bonds. The first kappa shape index (κ1) is 14.0. The van der Waals surface area contributed by atoms with E-state index in [1.54, 1.807) is 12.1 Å². The molecule has 0 aliphatic carbocycles. The van der Waals surface area contributed by atoms with Crippen molar-refractivity contribution in [3.8, 4) is 6.07 Å². The third kappa shape index (κ3) is 3.81. The molecule has 0 aliphatic heterocycles. The third-order valence-electron chi connectivity index (χ3n) is 2.92. The molecule has 0 saturated carbocycles. The molecule has 0 radical (unpaired) electrons. The minimum atomic E-state index is 0.134. The van der Waals surface area contributed by atoms with Gasteiger partial charge in [-0.2, -0.15) is 5.26 Å². The molecule has 0 heterocycles. The minimum absolute atomic E-state index is 0.134. The molecule has 0 aromatic heterocycles. The van der Waals surface area contributed by atoms with Crippen molar-refractivity contribution in [3.05, 3.63) is 65.7 Å². The molecule has 4 heteroatoms. The molecule has 100 valence electrons. The lowest BCUT2D eigenvalue weighted by Gasteiger charge is -2.17. The number of benzene rings is 2. The zero-order valence-corrected chi connectivity index (χ0v) is 11.9. The fraction of sp³-hybridized carbons (Fsp3) is 0.125. The SMILES string of the molecule is CC(NC(=S)Nc1ccc(C#N)cc1)c1ccccc1. The quantitative estimate of drug-likeness (QED) is 0.844. The van der Waals surface area contributed by atoms with Crippen molar-refractivity contribution in [2.24, 2.45) is 0 Å². The van der Waals surface area contributed by atoms with Crippen molar-refractivity contribution < 1.29 is 0 Å². The normalized spacial score (nSPS) is 11.2. The van der Waals surface area contributed by atoms with E-state index < -0.39 is 0 Å². The van der Waals surface area contributed by atoms with Crippen LogP contribution in [0.2, 0.25) is 0 Å². The fourth-order valence-electron chi connectivity index (χ4n) is 1.82. The van der Waals surface area contributed by atoms with Crippen LogP contribution in [0.25, 0.3) is 0 Å². The van der Waals surface area contributed by atoms with Gasteiger partial charge in [-0.05, 0) is 49.0 Å². The van der Waals surface area contributed by atoms with Crippen LogP contribution in [-0.4, -0.2) is 5.11 Å². The molecule has 20 heavy (non-hydrogen) atoms. The highest BCUT2D eigenvalue weighted by Gasteiger charge is 2.06. The molecular weight excluding hydrogens is 266 g/mol.